The third-order valence-electron chi connectivity index (χ3n) is 2.72. The predicted molar refractivity (Wildman–Crippen MR) is 58.9 cm³/mol. The van der Waals surface area contributed by atoms with Gasteiger partial charge in [-0.3, -0.25) is 4.79 Å². The van der Waals surface area contributed by atoms with Crippen LogP contribution in [-0.4, -0.2) is 23.9 Å². The Balaban J connectivity index is 2.51. The standard InChI is InChI=1S/C12H19NO/c1-3-9-13(10-4-2)12(14)11-7-5-6-8-11/h3-4,11H,1-2,5-10H2. The minimum atomic E-state index is 0.259. The van der Waals surface area contributed by atoms with E-state index in [9.17, 15) is 4.79 Å². The third kappa shape index (κ3) is 2.72. The fourth-order valence-electron chi connectivity index (χ4n) is 2.00. The van der Waals surface area contributed by atoms with Gasteiger partial charge in [-0.1, -0.05) is 25.0 Å². The zero-order chi connectivity index (χ0) is 10.4. The lowest BCUT2D eigenvalue weighted by Gasteiger charge is -2.22. The molecule has 1 aliphatic carbocycles. The van der Waals surface area contributed by atoms with Crippen molar-refractivity contribution >= 4 is 5.91 Å². The molecule has 0 aromatic rings. The van der Waals surface area contributed by atoms with Gasteiger partial charge in [-0.2, -0.15) is 0 Å². The van der Waals surface area contributed by atoms with Crippen LogP contribution in [0.2, 0.25) is 0 Å². The van der Waals surface area contributed by atoms with E-state index >= 15 is 0 Å². The molecule has 0 atom stereocenters. The number of carbonyl (C=O) groups excluding carboxylic acids is 1. The number of hydrogen-bond donors (Lipinski definition) is 0. The van der Waals surface area contributed by atoms with Gasteiger partial charge in [0, 0.05) is 19.0 Å². The Morgan fingerprint density at radius 1 is 1.21 bits per heavy atom. The van der Waals surface area contributed by atoms with Gasteiger partial charge in [0.2, 0.25) is 5.91 Å². The van der Waals surface area contributed by atoms with Crippen LogP contribution in [0.15, 0.2) is 25.3 Å². The second-order valence-electron chi connectivity index (χ2n) is 3.80. The molecule has 1 amide bonds. The van der Waals surface area contributed by atoms with E-state index in [1.54, 1.807) is 12.2 Å². The molecule has 0 bridgehead atoms. The van der Waals surface area contributed by atoms with Crippen molar-refractivity contribution in [3.05, 3.63) is 25.3 Å². The normalized spacial score (nSPS) is 16.6. The van der Waals surface area contributed by atoms with Crippen LogP contribution in [-0.2, 0) is 4.79 Å². The maximum Gasteiger partial charge on any atom is 0.226 e. The summed E-state index contributed by atoms with van der Waals surface area (Å²) in [6.45, 7) is 8.61. The molecular weight excluding hydrogens is 174 g/mol. The van der Waals surface area contributed by atoms with Crippen molar-refractivity contribution in [1.82, 2.24) is 4.90 Å². The molecule has 0 spiro atoms. The van der Waals surface area contributed by atoms with Crippen molar-refractivity contribution < 1.29 is 4.79 Å². The zero-order valence-electron chi connectivity index (χ0n) is 8.74. The van der Waals surface area contributed by atoms with E-state index in [0.29, 0.717) is 13.1 Å². The topological polar surface area (TPSA) is 20.3 Å². The van der Waals surface area contributed by atoms with Crippen LogP contribution in [0.3, 0.4) is 0 Å². The maximum absolute atomic E-state index is 12.0. The number of amides is 1. The SMILES string of the molecule is C=CCN(CC=C)C(=O)C1CCCC1. The maximum atomic E-state index is 12.0. The molecule has 78 valence electrons. The van der Waals surface area contributed by atoms with Crippen LogP contribution in [0, 0.1) is 5.92 Å². The summed E-state index contributed by atoms with van der Waals surface area (Å²) in [6.07, 6.45) is 8.07. The largest absolute Gasteiger partial charge is 0.335 e. The summed E-state index contributed by atoms with van der Waals surface area (Å²) in [5, 5.41) is 0. The molecule has 0 aromatic heterocycles. The smallest absolute Gasteiger partial charge is 0.226 e. The first-order valence-electron chi connectivity index (χ1n) is 5.30. The van der Waals surface area contributed by atoms with E-state index in [-0.39, 0.29) is 11.8 Å². The van der Waals surface area contributed by atoms with Crippen molar-refractivity contribution in [3.8, 4) is 0 Å². The Morgan fingerprint density at radius 3 is 2.14 bits per heavy atom. The van der Waals surface area contributed by atoms with Crippen LogP contribution < -0.4 is 0 Å². The Hall–Kier alpha value is -1.05. The molecule has 0 aliphatic heterocycles. The molecule has 0 saturated heterocycles. The quantitative estimate of drug-likeness (QED) is 0.614. The minimum Gasteiger partial charge on any atom is -0.335 e. The molecule has 0 radical (unpaired) electrons. The molecule has 1 fully saturated rings. The van der Waals surface area contributed by atoms with Crippen molar-refractivity contribution in [2.24, 2.45) is 5.92 Å². The highest BCUT2D eigenvalue weighted by molar-refractivity contribution is 5.79. The van der Waals surface area contributed by atoms with Gasteiger partial charge in [-0.05, 0) is 12.8 Å². The lowest BCUT2D eigenvalue weighted by Crippen LogP contribution is -2.35. The first-order valence-corrected chi connectivity index (χ1v) is 5.30. The molecule has 0 aromatic carbocycles. The number of hydrogen-bond acceptors (Lipinski definition) is 1. The fraction of sp³-hybridized carbons (Fsp3) is 0.583. The highest BCUT2D eigenvalue weighted by atomic mass is 16.2. The number of nitrogens with zero attached hydrogens (tertiary/aromatic N) is 1. The van der Waals surface area contributed by atoms with Gasteiger partial charge in [0.05, 0.1) is 0 Å². The third-order valence-corrected chi connectivity index (χ3v) is 2.72. The van der Waals surface area contributed by atoms with Gasteiger partial charge in [0.1, 0.15) is 0 Å². The van der Waals surface area contributed by atoms with Gasteiger partial charge in [-0.25, -0.2) is 0 Å². The molecule has 14 heavy (non-hydrogen) atoms. The molecule has 1 saturated carbocycles. The van der Waals surface area contributed by atoms with Crippen LogP contribution in [0.25, 0.3) is 0 Å². The second-order valence-corrected chi connectivity index (χ2v) is 3.80. The van der Waals surface area contributed by atoms with Crippen LogP contribution in [0.5, 0.6) is 0 Å². The molecule has 0 unspecified atom stereocenters. The lowest BCUT2D eigenvalue weighted by atomic mass is 10.1. The summed E-state index contributed by atoms with van der Waals surface area (Å²) in [4.78, 5) is 13.8. The summed E-state index contributed by atoms with van der Waals surface area (Å²) in [5.41, 5.74) is 0. The Morgan fingerprint density at radius 2 is 1.71 bits per heavy atom. The van der Waals surface area contributed by atoms with E-state index in [4.69, 9.17) is 0 Å². The Labute approximate surface area is 86.3 Å². The van der Waals surface area contributed by atoms with Crippen LogP contribution in [0.1, 0.15) is 25.7 Å². The molecule has 1 aliphatic rings. The summed E-state index contributed by atoms with van der Waals surface area (Å²) < 4.78 is 0. The number of carbonyl (C=O) groups is 1. The average Bonchev–Trinajstić information content (AvgIpc) is 2.69. The van der Waals surface area contributed by atoms with Crippen molar-refractivity contribution in [3.63, 3.8) is 0 Å². The summed E-state index contributed by atoms with van der Waals surface area (Å²) in [5.74, 6) is 0.539. The lowest BCUT2D eigenvalue weighted by molar-refractivity contribution is -0.134. The summed E-state index contributed by atoms with van der Waals surface area (Å²) in [6, 6.07) is 0. The van der Waals surface area contributed by atoms with Crippen molar-refractivity contribution in [1.29, 1.82) is 0 Å². The highest BCUT2D eigenvalue weighted by Crippen LogP contribution is 2.26. The summed E-state index contributed by atoms with van der Waals surface area (Å²) >= 11 is 0. The van der Waals surface area contributed by atoms with Gasteiger partial charge < -0.3 is 4.90 Å². The minimum absolute atomic E-state index is 0.259. The fourth-order valence-corrected chi connectivity index (χ4v) is 2.00. The van der Waals surface area contributed by atoms with Gasteiger partial charge in [-0.15, -0.1) is 13.2 Å². The van der Waals surface area contributed by atoms with Gasteiger partial charge >= 0.3 is 0 Å². The molecule has 0 heterocycles. The first kappa shape index (κ1) is 11.0. The monoisotopic (exact) mass is 193 g/mol. The molecule has 0 N–H and O–H groups in total. The van der Waals surface area contributed by atoms with E-state index in [2.05, 4.69) is 13.2 Å². The average molecular weight is 193 g/mol. The molecule has 1 rings (SSSR count). The van der Waals surface area contributed by atoms with E-state index in [1.807, 2.05) is 4.90 Å². The summed E-state index contributed by atoms with van der Waals surface area (Å²) in [7, 11) is 0. The zero-order valence-corrected chi connectivity index (χ0v) is 8.74. The molecule has 2 heteroatoms. The highest BCUT2D eigenvalue weighted by Gasteiger charge is 2.25. The van der Waals surface area contributed by atoms with E-state index in [1.165, 1.54) is 12.8 Å². The first-order chi connectivity index (χ1) is 6.79. The number of rotatable bonds is 5. The van der Waals surface area contributed by atoms with E-state index < -0.39 is 0 Å². The molecule has 2 nitrogen and oxygen atoms in total. The van der Waals surface area contributed by atoms with Gasteiger partial charge in [0.15, 0.2) is 0 Å². The van der Waals surface area contributed by atoms with Gasteiger partial charge in [0.25, 0.3) is 0 Å². The van der Waals surface area contributed by atoms with Crippen LogP contribution in [0.4, 0.5) is 0 Å². The van der Waals surface area contributed by atoms with Crippen molar-refractivity contribution in [2.45, 2.75) is 25.7 Å². The van der Waals surface area contributed by atoms with Crippen molar-refractivity contribution in [2.75, 3.05) is 13.1 Å². The Kier molecular flexibility index (Phi) is 4.44. The second kappa shape index (κ2) is 5.63. The van der Waals surface area contributed by atoms with Crippen LogP contribution >= 0.6 is 0 Å². The predicted octanol–water partition coefficient (Wildman–Crippen LogP) is 2.38. The Bertz CT molecular complexity index is 206. The van der Waals surface area contributed by atoms with E-state index in [0.717, 1.165) is 12.8 Å². The molecular formula is C12H19NO.